The van der Waals surface area contributed by atoms with Gasteiger partial charge >= 0.3 is 0 Å². The standard InChI is InChI=1S/C21H20ClFN2O2S/c22-14-6-7-18-17(11-14)24-21(27)19(28-18)12-20(26)25-8-2-5-16(25)10-13-3-1-4-15(23)9-13/h1,3-4,6-7,9,11,16,19H,2,5,8,10,12H2,(H,24,27). The molecular formula is C21H20ClFN2O2S. The van der Waals surface area contributed by atoms with Gasteiger partial charge in [-0.25, -0.2) is 4.39 Å². The summed E-state index contributed by atoms with van der Waals surface area (Å²) >= 11 is 7.38. The van der Waals surface area contributed by atoms with Crippen LogP contribution in [-0.4, -0.2) is 34.6 Å². The fourth-order valence-corrected chi connectivity index (χ4v) is 5.10. The van der Waals surface area contributed by atoms with E-state index >= 15 is 0 Å². The number of benzene rings is 2. The smallest absolute Gasteiger partial charge is 0.238 e. The Morgan fingerprint density at radius 3 is 2.96 bits per heavy atom. The highest BCUT2D eigenvalue weighted by Gasteiger charge is 2.34. The van der Waals surface area contributed by atoms with Crippen LogP contribution in [-0.2, 0) is 16.0 Å². The van der Waals surface area contributed by atoms with Crippen molar-refractivity contribution >= 4 is 40.9 Å². The molecule has 1 fully saturated rings. The topological polar surface area (TPSA) is 49.4 Å². The summed E-state index contributed by atoms with van der Waals surface area (Å²) in [5, 5.41) is 2.95. The van der Waals surface area contributed by atoms with Crippen LogP contribution in [0.3, 0.4) is 0 Å². The molecular weight excluding hydrogens is 399 g/mol. The van der Waals surface area contributed by atoms with E-state index in [1.165, 1.54) is 23.9 Å². The van der Waals surface area contributed by atoms with Crippen molar-refractivity contribution in [1.82, 2.24) is 4.90 Å². The number of carbonyl (C=O) groups is 2. The number of nitrogens with one attached hydrogen (secondary N) is 1. The first-order chi connectivity index (χ1) is 13.5. The van der Waals surface area contributed by atoms with E-state index in [4.69, 9.17) is 11.6 Å². The lowest BCUT2D eigenvalue weighted by Gasteiger charge is -2.28. The van der Waals surface area contributed by atoms with Crippen LogP contribution in [0, 0.1) is 5.82 Å². The molecule has 2 unspecified atom stereocenters. The molecule has 0 aromatic heterocycles. The van der Waals surface area contributed by atoms with Crippen LogP contribution in [0.2, 0.25) is 5.02 Å². The Balaban J connectivity index is 1.42. The van der Waals surface area contributed by atoms with E-state index in [9.17, 15) is 14.0 Å². The number of halogens is 2. The Kier molecular flexibility index (Phi) is 5.60. The molecule has 2 aliphatic rings. The van der Waals surface area contributed by atoms with Crippen LogP contribution < -0.4 is 5.32 Å². The lowest BCUT2D eigenvalue weighted by molar-refractivity contribution is -0.133. The van der Waals surface area contributed by atoms with Gasteiger partial charge in [0.05, 0.1) is 10.9 Å². The highest BCUT2D eigenvalue weighted by Crippen LogP contribution is 2.38. The van der Waals surface area contributed by atoms with Crippen LogP contribution in [0.4, 0.5) is 10.1 Å². The molecule has 1 saturated heterocycles. The Bertz CT molecular complexity index is 923. The number of anilines is 1. The van der Waals surface area contributed by atoms with Gasteiger partial charge < -0.3 is 10.2 Å². The molecule has 0 bridgehead atoms. The van der Waals surface area contributed by atoms with Crippen LogP contribution in [0.25, 0.3) is 0 Å². The highest BCUT2D eigenvalue weighted by atomic mass is 35.5. The zero-order valence-electron chi connectivity index (χ0n) is 15.2. The zero-order chi connectivity index (χ0) is 19.7. The zero-order valence-corrected chi connectivity index (χ0v) is 16.7. The molecule has 2 aromatic carbocycles. The molecule has 7 heteroatoms. The van der Waals surface area contributed by atoms with E-state index in [1.54, 1.807) is 18.2 Å². The number of thioether (sulfide) groups is 1. The fraction of sp³-hybridized carbons (Fsp3) is 0.333. The number of fused-ring (bicyclic) bond motifs is 1. The Labute approximate surface area is 172 Å². The van der Waals surface area contributed by atoms with Crippen molar-refractivity contribution < 1.29 is 14.0 Å². The van der Waals surface area contributed by atoms with Crippen molar-refractivity contribution in [2.45, 2.75) is 41.9 Å². The maximum absolute atomic E-state index is 13.5. The van der Waals surface area contributed by atoms with Crippen molar-refractivity contribution in [2.75, 3.05) is 11.9 Å². The van der Waals surface area contributed by atoms with E-state index in [0.29, 0.717) is 23.7 Å². The predicted octanol–water partition coefficient (Wildman–Crippen LogP) is 4.52. The first kappa shape index (κ1) is 19.3. The van der Waals surface area contributed by atoms with Crippen LogP contribution in [0.15, 0.2) is 47.4 Å². The highest BCUT2D eigenvalue weighted by molar-refractivity contribution is 8.01. The van der Waals surface area contributed by atoms with Crippen molar-refractivity contribution in [3.05, 3.63) is 58.9 Å². The van der Waals surface area contributed by atoms with Gasteiger partial charge in [0.25, 0.3) is 0 Å². The van der Waals surface area contributed by atoms with Crippen LogP contribution in [0.5, 0.6) is 0 Å². The maximum Gasteiger partial charge on any atom is 0.238 e. The van der Waals surface area contributed by atoms with Crippen molar-refractivity contribution in [3.63, 3.8) is 0 Å². The third kappa shape index (κ3) is 4.18. The predicted molar refractivity (Wildman–Crippen MR) is 109 cm³/mol. The van der Waals surface area contributed by atoms with Crippen LogP contribution >= 0.6 is 23.4 Å². The molecule has 146 valence electrons. The summed E-state index contributed by atoms with van der Waals surface area (Å²) in [6, 6.07) is 11.9. The molecule has 2 amide bonds. The molecule has 28 heavy (non-hydrogen) atoms. The number of hydrogen-bond acceptors (Lipinski definition) is 3. The molecule has 2 aliphatic heterocycles. The lowest BCUT2D eigenvalue weighted by atomic mass is 10.0. The largest absolute Gasteiger partial charge is 0.339 e. The van der Waals surface area contributed by atoms with E-state index in [0.717, 1.165) is 23.3 Å². The number of likely N-dealkylation sites (tertiary alicyclic amines) is 1. The SMILES string of the molecule is O=C1Nc2cc(Cl)ccc2SC1CC(=O)N1CCCC1Cc1cccc(F)c1. The number of amides is 2. The quantitative estimate of drug-likeness (QED) is 0.794. The number of nitrogens with zero attached hydrogens (tertiary/aromatic N) is 1. The summed E-state index contributed by atoms with van der Waals surface area (Å²) in [4.78, 5) is 28.1. The van der Waals surface area contributed by atoms with E-state index < -0.39 is 5.25 Å². The Hall–Kier alpha value is -2.05. The van der Waals surface area contributed by atoms with E-state index in [2.05, 4.69) is 5.32 Å². The monoisotopic (exact) mass is 418 g/mol. The second-order valence-corrected chi connectivity index (χ2v) is 8.84. The van der Waals surface area contributed by atoms with Gasteiger partial charge in [0.2, 0.25) is 11.8 Å². The molecule has 2 heterocycles. The third-order valence-electron chi connectivity index (χ3n) is 5.18. The summed E-state index contributed by atoms with van der Waals surface area (Å²) in [6.45, 7) is 0.685. The van der Waals surface area contributed by atoms with Crippen LogP contribution in [0.1, 0.15) is 24.8 Å². The molecule has 0 radical (unpaired) electrons. The first-order valence-electron chi connectivity index (χ1n) is 9.30. The summed E-state index contributed by atoms with van der Waals surface area (Å²) in [7, 11) is 0. The molecule has 0 spiro atoms. The normalized spacial score (nSPS) is 21.4. The van der Waals surface area contributed by atoms with Crippen molar-refractivity contribution in [2.24, 2.45) is 0 Å². The fourth-order valence-electron chi connectivity index (χ4n) is 3.85. The molecule has 2 aromatic rings. The van der Waals surface area contributed by atoms with Gasteiger partial charge in [0.15, 0.2) is 0 Å². The molecule has 4 nitrogen and oxygen atoms in total. The minimum absolute atomic E-state index is 0.0241. The van der Waals surface area contributed by atoms with Crippen molar-refractivity contribution in [3.8, 4) is 0 Å². The van der Waals surface area contributed by atoms with Gasteiger partial charge in [-0.15, -0.1) is 11.8 Å². The van der Waals surface area contributed by atoms with Gasteiger partial charge in [-0.3, -0.25) is 9.59 Å². The number of carbonyl (C=O) groups excluding carboxylic acids is 2. The maximum atomic E-state index is 13.5. The second kappa shape index (κ2) is 8.13. The Morgan fingerprint density at radius 1 is 1.29 bits per heavy atom. The third-order valence-corrected chi connectivity index (χ3v) is 6.69. The molecule has 2 atom stereocenters. The lowest BCUT2D eigenvalue weighted by Crippen LogP contribution is -2.40. The molecule has 0 saturated carbocycles. The van der Waals surface area contributed by atoms with E-state index in [-0.39, 0.29) is 30.1 Å². The molecule has 0 aliphatic carbocycles. The van der Waals surface area contributed by atoms with Gasteiger partial charge in [0, 0.05) is 28.9 Å². The van der Waals surface area contributed by atoms with Crippen molar-refractivity contribution in [1.29, 1.82) is 0 Å². The van der Waals surface area contributed by atoms with E-state index in [1.807, 2.05) is 17.0 Å². The number of rotatable bonds is 4. The van der Waals surface area contributed by atoms with Gasteiger partial charge in [-0.2, -0.15) is 0 Å². The minimum atomic E-state index is -0.461. The number of hydrogen-bond donors (Lipinski definition) is 1. The van der Waals surface area contributed by atoms with Gasteiger partial charge in [0.1, 0.15) is 5.82 Å². The summed E-state index contributed by atoms with van der Waals surface area (Å²) in [6.07, 6.45) is 2.61. The first-order valence-corrected chi connectivity index (χ1v) is 10.6. The Morgan fingerprint density at radius 2 is 2.14 bits per heavy atom. The summed E-state index contributed by atoms with van der Waals surface area (Å²) in [5.74, 6) is -0.458. The average Bonchev–Trinajstić information content (AvgIpc) is 3.11. The molecule has 1 N–H and O–H groups in total. The summed E-state index contributed by atoms with van der Waals surface area (Å²) in [5.41, 5.74) is 1.58. The molecule has 4 rings (SSSR count). The second-order valence-electron chi connectivity index (χ2n) is 7.16. The minimum Gasteiger partial charge on any atom is -0.339 e. The van der Waals surface area contributed by atoms with Gasteiger partial charge in [-0.05, 0) is 55.2 Å². The van der Waals surface area contributed by atoms with Gasteiger partial charge in [-0.1, -0.05) is 23.7 Å². The average molecular weight is 419 g/mol. The summed E-state index contributed by atoms with van der Waals surface area (Å²) < 4.78 is 13.5.